The highest BCUT2D eigenvalue weighted by atomic mass is 32.1. The average Bonchev–Trinajstić information content (AvgIpc) is 2.97. The van der Waals surface area contributed by atoms with Crippen LogP contribution in [0.4, 0.5) is 0 Å². The number of para-hydroxylation sites is 1. The summed E-state index contributed by atoms with van der Waals surface area (Å²) in [5.41, 5.74) is 1.99. The van der Waals surface area contributed by atoms with Gasteiger partial charge in [0.2, 0.25) is 0 Å². The van der Waals surface area contributed by atoms with Crippen LogP contribution in [0.15, 0.2) is 60.7 Å². The number of ether oxygens (including phenoxy) is 1. The molecule has 0 aliphatic heterocycles. The van der Waals surface area contributed by atoms with Crippen molar-refractivity contribution in [3.63, 3.8) is 0 Å². The van der Waals surface area contributed by atoms with Crippen LogP contribution in [-0.2, 0) is 6.61 Å². The van der Waals surface area contributed by atoms with Gasteiger partial charge in [0.15, 0.2) is 5.82 Å². The van der Waals surface area contributed by atoms with Crippen molar-refractivity contribution in [2.75, 3.05) is 0 Å². The normalized spacial score (nSPS) is 10.3. The molecule has 0 saturated heterocycles. The van der Waals surface area contributed by atoms with E-state index in [9.17, 15) is 0 Å². The summed E-state index contributed by atoms with van der Waals surface area (Å²) >= 11 is 4.99. The fourth-order valence-electron chi connectivity index (χ4n) is 1.99. The van der Waals surface area contributed by atoms with Crippen LogP contribution in [0.3, 0.4) is 0 Å². The van der Waals surface area contributed by atoms with Crippen molar-refractivity contribution in [2.24, 2.45) is 0 Å². The van der Waals surface area contributed by atoms with Crippen LogP contribution in [0.5, 0.6) is 6.01 Å². The zero-order valence-electron chi connectivity index (χ0n) is 11.2. The first kappa shape index (κ1) is 13.5. The molecule has 21 heavy (non-hydrogen) atoms. The van der Waals surface area contributed by atoms with Gasteiger partial charge < -0.3 is 4.74 Å². The van der Waals surface area contributed by atoms with Crippen LogP contribution in [0.1, 0.15) is 11.4 Å². The van der Waals surface area contributed by atoms with E-state index < -0.39 is 0 Å². The van der Waals surface area contributed by atoms with Gasteiger partial charge >= 0.3 is 6.01 Å². The summed E-state index contributed by atoms with van der Waals surface area (Å²) in [6, 6.07) is 20.1. The minimum atomic E-state index is 0.432. The van der Waals surface area contributed by atoms with E-state index in [1.165, 1.54) is 5.37 Å². The number of nitrogens with zero attached hydrogens (tertiary/aromatic N) is 3. The van der Waals surface area contributed by atoms with Crippen LogP contribution in [0.25, 0.3) is 5.69 Å². The minimum absolute atomic E-state index is 0.432. The standard InChI is InChI=1S/C16H13N3OS/c21-12-15-17-18-16(19(15)14-9-5-2-6-10-14)20-11-13-7-3-1-4-8-13/h1-10,12H,11H2. The summed E-state index contributed by atoms with van der Waals surface area (Å²) in [7, 11) is 0. The topological polar surface area (TPSA) is 39.9 Å². The quantitative estimate of drug-likeness (QED) is 0.678. The Morgan fingerprint density at radius 3 is 2.29 bits per heavy atom. The maximum Gasteiger partial charge on any atom is 0.322 e. The molecule has 0 saturated carbocycles. The third-order valence-electron chi connectivity index (χ3n) is 2.99. The second kappa shape index (κ2) is 6.28. The molecule has 0 radical (unpaired) electrons. The summed E-state index contributed by atoms with van der Waals surface area (Å²) in [6.45, 7) is 0.434. The van der Waals surface area contributed by atoms with E-state index >= 15 is 0 Å². The van der Waals surface area contributed by atoms with Gasteiger partial charge in [-0.1, -0.05) is 65.8 Å². The Bertz CT molecular complexity index is 726. The molecule has 0 unspecified atom stereocenters. The molecular formula is C16H13N3OS. The first-order valence-electron chi connectivity index (χ1n) is 6.51. The largest absolute Gasteiger partial charge is 0.458 e. The average molecular weight is 295 g/mol. The van der Waals surface area contributed by atoms with Gasteiger partial charge in [0.25, 0.3) is 0 Å². The highest BCUT2D eigenvalue weighted by Crippen LogP contribution is 2.18. The molecule has 3 rings (SSSR count). The van der Waals surface area contributed by atoms with E-state index in [2.05, 4.69) is 10.2 Å². The molecule has 0 N–H and O–H groups in total. The summed E-state index contributed by atoms with van der Waals surface area (Å²) < 4.78 is 7.58. The predicted octanol–water partition coefficient (Wildman–Crippen LogP) is 3.19. The number of benzene rings is 2. The van der Waals surface area contributed by atoms with Crippen molar-refractivity contribution in [1.29, 1.82) is 0 Å². The van der Waals surface area contributed by atoms with Crippen molar-refractivity contribution < 1.29 is 4.74 Å². The van der Waals surface area contributed by atoms with Crippen LogP contribution in [0.2, 0.25) is 0 Å². The summed E-state index contributed by atoms with van der Waals surface area (Å²) in [5.74, 6) is 0.583. The molecule has 0 bridgehead atoms. The van der Waals surface area contributed by atoms with E-state index in [1.807, 2.05) is 60.7 Å². The zero-order valence-corrected chi connectivity index (χ0v) is 12.0. The van der Waals surface area contributed by atoms with E-state index in [4.69, 9.17) is 17.0 Å². The molecule has 0 spiro atoms. The second-order valence-corrected chi connectivity index (χ2v) is 4.64. The van der Waals surface area contributed by atoms with Gasteiger partial charge in [0.1, 0.15) is 6.61 Å². The molecule has 104 valence electrons. The second-order valence-electron chi connectivity index (χ2n) is 4.40. The molecule has 1 heterocycles. The first-order chi connectivity index (χ1) is 10.4. The van der Waals surface area contributed by atoms with Crippen molar-refractivity contribution in [1.82, 2.24) is 14.8 Å². The van der Waals surface area contributed by atoms with E-state index in [-0.39, 0.29) is 0 Å². The molecule has 1 aromatic heterocycles. The third-order valence-corrected chi connectivity index (χ3v) is 3.20. The maximum atomic E-state index is 5.78. The van der Waals surface area contributed by atoms with Crippen LogP contribution in [0, 0.1) is 0 Å². The number of rotatable bonds is 5. The molecule has 5 heteroatoms. The molecule has 3 aromatic rings. The highest BCUT2D eigenvalue weighted by molar-refractivity contribution is 7.79. The molecular weight excluding hydrogens is 282 g/mol. The van der Waals surface area contributed by atoms with Gasteiger partial charge in [-0.15, -0.1) is 5.10 Å². The Balaban J connectivity index is 1.89. The van der Waals surface area contributed by atoms with E-state index in [1.54, 1.807) is 4.57 Å². The third kappa shape index (κ3) is 2.98. The van der Waals surface area contributed by atoms with Gasteiger partial charge in [-0.25, -0.2) is 4.57 Å². The minimum Gasteiger partial charge on any atom is -0.458 e. The number of thiocarbonyl (C=S) groups is 1. The lowest BCUT2D eigenvalue weighted by Crippen LogP contribution is -2.05. The molecule has 2 aromatic carbocycles. The van der Waals surface area contributed by atoms with E-state index in [0.29, 0.717) is 18.4 Å². The Labute approximate surface area is 128 Å². The summed E-state index contributed by atoms with van der Waals surface area (Å²) in [4.78, 5) is 0. The molecule has 0 atom stereocenters. The zero-order chi connectivity index (χ0) is 14.5. The molecule has 0 aliphatic carbocycles. The maximum absolute atomic E-state index is 5.78. The SMILES string of the molecule is S=Cc1nnc(OCc2ccccc2)n1-c1ccccc1. The molecule has 0 aliphatic rings. The van der Waals surface area contributed by atoms with Crippen LogP contribution in [-0.4, -0.2) is 20.1 Å². The van der Waals surface area contributed by atoms with Crippen LogP contribution >= 0.6 is 12.2 Å². The number of aromatic nitrogens is 3. The first-order valence-corrected chi connectivity index (χ1v) is 6.98. The fraction of sp³-hybridized carbons (Fsp3) is 0.0625. The van der Waals surface area contributed by atoms with Gasteiger partial charge in [0, 0.05) is 5.37 Å². The molecule has 0 fully saturated rings. The summed E-state index contributed by atoms with van der Waals surface area (Å²) in [5, 5.41) is 9.62. The molecule has 0 amide bonds. The smallest absolute Gasteiger partial charge is 0.322 e. The Hall–Kier alpha value is -2.53. The van der Waals surface area contributed by atoms with Crippen molar-refractivity contribution in [3.05, 3.63) is 72.1 Å². The van der Waals surface area contributed by atoms with Gasteiger partial charge in [-0.3, -0.25) is 0 Å². The lowest BCUT2D eigenvalue weighted by molar-refractivity contribution is 0.275. The fourth-order valence-corrected chi connectivity index (χ4v) is 2.15. The van der Waals surface area contributed by atoms with Gasteiger partial charge in [0.05, 0.1) is 5.69 Å². The lowest BCUT2D eigenvalue weighted by atomic mass is 10.2. The van der Waals surface area contributed by atoms with Crippen molar-refractivity contribution in [3.8, 4) is 11.7 Å². The van der Waals surface area contributed by atoms with E-state index in [0.717, 1.165) is 11.3 Å². The Morgan fingerprint density at radius 1 is 0.952 bits per heavy atom. The number of hydrogen-bond donors (Lipinski definition) is 0. The molecule has 4 nitrogen and oxygen atoms in total. The summed E-state index contributed by atoms with van der Waals surface area (Å²) in [6.07, 6.45) is 0. The highest BCUT2D eigenvalue weighted by Gasteiger charge is 2.13. The Morgan fingerprint density at radius 2 is 1.62 bits per heavy atom. The predicted molar refractivity (Wildman–Crippen MR) is 84.9 cm³/mol. The lowest BCUT2D eigenvalue weighted by Gasteiger charge is -2.09. The Kier molecular flexibility index (Phi) is 4.02. The van der Waals surface area contributed by atoms with Crippen molar-refractivity contribution >= 4 is 17.6 Å². The van der Waals surface area contributed by atoms with Crippen molar-refractivity contribution in [2.45, 2.75) is 6.61 Å². The number of hydrogen-bond acceptors (Lipinski definition) is 4. The monoisotopic (exact) mass is 295 g/mol. The van der Waals surface area contributed by atoms with Gasteiger partial charge in [-0.05, 0) is 17.7 Å². The van der Waals surface area contributed by atoms with Crippen LogP contribution < -0.4 is 4.74 Å². The van der Waals surface area contributed by atoms with Gasteiger partial charge in [-0.2, -0.15) is 0 Å².